The quantitative estimate of drug-likeness (QED) is 0.238. The lowest BCUT2D eigenvalue weighted by Gasteiger charge is -2.43. The molecule has 0 aromatic heterocycles. The van der Waals surface area contributed by atoms with Gasteiger partial charge in [0.25, 0.3) is 0 Å². The van der Waals surface area contributed by atoms with Crippen LogP contribution in [0.4, 0.5) is 0 Å². The van der Waals surface area contributed by atoms with Crippen molar-refractivity contribution in [1.29, 1.82) is 0 Å². The van der Waals surface area contributed by atoms with Crippen molar-refractivity contribution < 1.29 is 55.1 Å². The predicted molar refractivity (Wildman–Crippen MR) is 68.6 cm³/mol. The van der Waals surface area contributed by atoms with E-state index in [1.165, 1.54) is 0 Å². The summed E-state index contributed by atoms with van der Waals surface area (Å²) in [5.74, 6) is -2.22. The van der Waals surface area contributed by atoms with Gasteiger partial charge < -0.3 is 55.1 Å². The molecule has 2 heterocycles. The van der Waals surface area contributed by atoms with Crippen molar-refractivity contribution in [3.8, 4) is 0 Å². The van der Waals surface area contributed by atoms with Crippen molar-refractivity contribution in [2.75, 3.05) is 19.8 Å². The Balaban J connectivity index is 2.18. The van der Waals surface area contributed by atoms with Gasteiger partial charge in [0.15, 0.2) is 6.29 Å². The molecule has 136 valence electrons. The summed E-state index contributed by atoms with van der Waals surface area (Å²) in [6.07, 6.45) is -12.7. The standard InChI is InChI=1S/C12H22O11/c13-1-4-6(16)8(18)9(19)11(21-4)23-12(3-15)10(20)7(17)5(2-14)22-12/h4-11,13-20H,1-3H2/t4?,5-,6-,7?,8?,9?,10?,11-,12+/m1/s1. The van der Waals surface area contributed by atoms with Crippen molar-refractivity contribution >= 4 is 0 Å². The fourth-order valence-electron chi connectivity index (χ4n) is 2.63. The summed E-state index contributed by atoms with van der Waals surface area (Å²) in [7, 11) is 0. The minimum atomic E-state index is -2.22. The monoisotopic (exact) mass is 342 g/mol. The van der Waals surface area contributed by atoms with Crippen LogP contribution in [0.1, 0.15) is 0 Å². The third-order valence-corrected chi connectivity index (χ3v) is 4.07. The third-order valence-electron chi connectivity index (χ3n) is 4.07. The second-order valence-electron chi connectivity index (χ2n) is 5.56. The summed E-state index contributed by atoms with van der Waals surface area (Å²) in [6.45, 7) is -2.32. The number of aliphatic hydroxyl groups is 8. The highest BCUT2D eigenvalue weighted by Gasteiger charge is 2.58. The van der Waals surface area contributed by atoms with E-state index in [9.17, 15) is 30.6 Å². The third kappa shape index (κ3) is 3.23. The lowest BCUT2D eigenvalue weighted by Crippen LogP contribution is -2.62. The van der Waals surface area contributed by atoms with Gasteiger partial charge in [-0.1, -0.05) is 0 Å². The van der Waals surface area contributed by atoms with Gasteiger partial charge in [0.1, 0.15) is 49.3 Å². The molecule has 0 aromatic carbocycles. The summed E-state index contributed by atoms with van der Waals surface area (Å²) in [5.41, 5.74) is 0. The van der Waals surface area contributed by atoms with Crippen molar-refractivity contribution in [2.45, 2.75) is 54.8 Å². The Morgan fingerprint density at radius 1 is 0.783 bits per heavy atom. The molecule has 2 aliphatic heterocycles. The molecule has 11 heteroatoms. The maximum Gasteiger partial charge on any atom is 0.224 e. The zero-order valence-corrected chi connectivity index (χ0v) is 12.0. The molecule has 2 fully saturated rings. The molecule has 0 aromatic rings. The largest absolute Gasteiger partial charge is 0.394 e. The van der Waals surface area contributed by atoms with Gasteiger partial charge in [-0.25, -0.2) is 0 Å². The minimum Gasteiger partial charge on any atom is -0.394 e. The maximum atomic E-state index is 10.00. The highest BCUT2D eigenvalue weighted by Crippen LogP contribution is 2.35. The molecule has 0 amide bonds. The second kappa shape index (κ2) is 7.21. The lowest BCUT2D eigenvalue weighted by molar-refractivity contribution is -0.383. The van der Waals surface area contributed by atoms with Crippen LogP contribution in [0.2, 0.25) is 0 Å². The molecular formula is C12H22O11. The van der Waals surface area contributed by atoms with Gasteiger partial charge in [-0.2, -0.15) is 0 Å². The van der Waals surface area contributed by atoms with E-state index in [1.54, 1.807) is 0 Å². The van der Waals surface area contributed by atoms with Gasteiger partial charge in [-0.3, -0.25) is 0 Å². The van der Waals surface area contributed by atoms with E-state index in [4.69, 9.17) is 24.4 Å². The maximum absolute atomic E-state index is 10.00. The summed E-state index contributed by atoms with van der Waals surface area (Å²) in [5, 5.41) is 76.7. The number of hydrogen-bond donors (Lipinski definition) is 8. The molecule has 5 unspecified atom stereocenters. The minimum absolute atomic E-state index is 0.669. The van der Waals surface area contributed by atoms with Gasteiger partial charge in [-0.15, -0.1) is 0 Å². The van der Waals surface area contributed by atoms with E-state index >= 15 is 0 Å². The molecule has 0 aliphatic carbocycles. The molecule has 23 heavy (non-hydrogen) atoms. The molecule has 0 saturated carbocycles. The van der Waals surface area contributed by atoms with E-state index < -0.39 is 74.6 Å². The van der Waals surface area contributed by atoms with Crippen LogP contribution in [0.15, 0.2) is 0 Å². The number of rotatable bonds is 5. The molecular weight excluding hydrogens is 320 g/mol. The first kappa shape index (κ1) is 18.9. The predicted octanol–water partition coefficient (Wildman–Crippen LogP) is -5.40. The second-order valence-corrected chi connectivity index (χ2v) is 5.56. The van der Waals surface area contributed by atoms with Crippen LogP contribution in [0.25, 0.3) is 0 Å². The Kier molecular flexibility index (Phi) is 5.92. The van der Waals surface area contributed by atoms with E-state index in [0.29, 0.717) is 0 Å². The molecule has 2 rings (SSSR count). The first-order valence-electron chi connectivity index (χ1n) is 7.05. The molecule has 2 aliphatic rings. The Labute approximate surface area is 130 Å². The first-order chi connectivity index (χ1) is 10.8. The molecule has 0 radical (unpaired) electrons. The molecule has 0 spiro atoms. The molecule has 9 atom stereocenters. The Morgan fingerprint density at radius 2 is 1.39 bits per heavy atom. The van der Waals surface area contributed by atoms with Crippen LogP contribution in [0.5, 0.6) is 0 Å². The SMILES string of the molecule is OCC1O[C@H](O[C@]2(CO)O[C@H](CO)C(O)C2O)C(O)C(O)[C@@H]1O. The molecule has 8 N–H and O–H groups in total. The normalized spacial score (nSPS) is 51.1. The fraction of sp³-hybridized carbons (Fsp3) is 1.00. The Bertz CT molecular complexity index is 393. The van der Waals surface area contributed by atoms with Gasteiger partial charge in [0.2, 0.25) is 5.79 Å². The summed E-state index contributed by atoms with van der Waals surface area (Å²) >= 11 is 0. The zero-order chi connectivity index (χ0) is 17.4. The zero-order valence-electron chi connectivity index (χ0n) is 12.0. The smallest absolute Gasteiger partial charge is 0.224 e. The van der Waals surface area contributed by atoms with Crippen molar-refractivity contribution in [1.82, 2.24) is 0 Å². The number of ether oxygens (including phenoxy) is 3. The van der Waals surface area contributed by atoms with Crippen LogP contribution < -0.4 is 0 Å². The van der Waals surface area contributed by atoms with Gasteiger partial charge >= 0.3 is 0 Å². The average Bonchev–Trinajstić information content (AvgIpc) is 2.80. The van der Waals surface area contributed by atoms with Gasteiger partial charge in [-0.05, 0) is 0 Å². The summed E-state index contributed by atoms with van der Waals surface area (Å²) in [4.78, 5) is 0. The fourth-order valence-corrected chi connectivity index (χ4v) is 2.63. The van der Waals surface area contributed by atoms with Crippen LogP contribution in [0, 0.1) is 0 Å². The van der Waals surface area contributed by atoms with Crippen LogP contribution in [-0.2, 0) is 14.2 Å². The van der Waals surface area contributed by atoms with Crippen molar-refractivity contribution in [3.63, 3.8) is 0 Å². The number of aliphatic hydroxyl groups excluding tert-OH is 8. The average molecular weight is 342 g/mol. The molecule has 0 bridgehead atoms. The van der Waals surface area contributed by atoms with Gasteiger partial charge in [0, 0.05) is 0 Å². The highest BCUT2D eigenvalue weighted by atomic mass is 16.8. The Hall–Kier alpha value is -0.440. The van der Waals surface area contributed by atoms with Crippen molar-refractivity contribution in [2.24, 2.45) is 0 Å². The molecule has 11 nitrogen and oxygen atoms in total. The number of hydrogen-bond acceptors (Lipinski definition) is 11. The van der Waals surface area contributed by atoms with E-state index in [-0.39, 0.29) is 0 Å². The first-order valence-corrected chi connectivity index (χ1v) is 7.05. The van der Waals surface area contributed by atoms with Gasteiger partial charge in [0.05, 0.1) is 13.2 Å². The Morgan fingerprint density at radius 3 is 1.87 bits per heavy atom. The summed E-state index contributed by atoms with van der Waals surface area (Å²) < 4.78 is 15.4. The topological polar surface area (TPSA) is 190 Å². The van der Waals surface area contributed by atoms with E-state index in [1.807, 2.05) is 0 Å². The van der Waals surface area contributed by atoms with Crippen molar-refractivity contribution in [3.05, 3.63) is 0 Å². The highest BCUT2D eigenvalue weighted by molar-refractivity contribution is 4.98. The van der Waals surface area contributed by atoms with E-state index in [2.05, 4.69) is 0 Å². The molecule has 2 saturated heterocycles. The van der Waals surface area contributed by atoms with Crippen LogP contribution >= 0.6 is 0 Å². The van der Waals surface area contributed by atoms with Crippen LogP contribution in [0.3, 0.4) is 0 Å². The summed E-state index contributed by atoms with van der Waals surface area (Å²) in [6, 6.07) is 0. The lowest BCUT2D eigenvalue weighted by atomic mass is 9.99. The van der Waals surface area contributed by atoms with E-state index in [0.717, 1.165) is 0 Å². The van der Waals surface area contributed by atoms with Crippen LogP contribution in [-0.4, -0.2) is 115 Å².